The van der Waals surface area contributed by atoms with Gasteiger partial charge in [0.1, 0.15) is 31.1 Å². The smallest absolute Gasteiger partial charge is 0.350 e. The quantitative estimate of drug-likeness (QED) is 0.0518. The summed E-state index contributed by atoms with van der Waals surface area (Å²) in [6, 6.07) is 0.166. The van der Waals surface area contributed by atoms with E-state index < -0.39 is 29.0 Å². The fourth-order valence-electron chi connectivity index (χ4n) is 14.3. The number of likely N-dealkylation sites (N-methyl/N-ethyl adjacent to an activating group) is 1. The Kier molecular flexibility index (Phi) is 14.4. The molecule has 0 aromatic carbocycles. The molecule has 4 saturated heterocycles. The fourth-order valence-corrected chi connectivity index (χ4v) is 14.3. The molecule has 0 spiro atoms. The van der Waals surface area contributed by atoms with Gasteiger partial charge in [-0.15, -0.1) is 0 Å². The van der Waals surface area contributed by atoms with Crippen molar-refractivity contribution in [2.24, 2.45) is 58.5 Å². The van der Waals surface area contributed by atoms with Crippen LogP contribution in [0.5, 0.6) is 0 Å². The van der Waals surface area contributed by atoms with Crippen molar-refractivity contribution in [1.29, 1.82) is 0 Å². The standard InChI is InChI=1S/C50H80N6O6/c1-6-53-40-23-34-11-8-7-10-33(34)22-36(40)29-61-47(60)50-45(59)43-35(25-48(3,4)24-31-15-18-41(51)55-27-31)12-9-13-39(43)44(58)49(50,62-50)26-37(28-57)30(2)14-16-32-20-21-54-46-38(32)17-19-42(52-5)56-46/h8,11,23,31-33,35-36,38-43,46,52-57H,6-7,9-10,12-22,24-29,51H2,1-5H3/p+4/t31?,32?,33-,35?,36+,38?,39?,40+,41?,42-,43?,46?,49-,50-/m0/s1. The Balaban J connectivity index is 1.04. The molecule has 8 rings (SSSR count). The third kappa shape index (κ3) is 9.11. The van der Waals surface area contributed by atoms with E-state index in [-0.39, 0.29) is 60.7 Å². The van der Waals surface area contributed by atoms with E-state index in [0.717, 1.165) is 108 Å². The molecule has 4 heterocycles. The van der Waals surface area contributed by atoms with Gasteiger partial charge in [0.25, 0.3) is 5.60 Å². The monoisotopic (exact) mass is 865 g/mol. The largest absolute Gasteiger partial charge is 0.463 e. The lowest BCUT2D eigenvalue weighted by atomic mass is 9.55. The van der Waals surface area contributed by atoms with Gasteiger partial charge in [0, 0.05) is 48.9 Å². The molecular formula is C50H84N6O6+4. The van der Waals surface area contributed by atoms with Gasteiger partial charge in [-0.3, -0.25) is 15.3 Å². The maximum absolute atomic E-state index is 15.5. The molecule has 0 amide bonds. The Morgan fingerprint density at radius 3 is 2.65 bits per heavy atom. The van der Waals surface area contributed by atoms with Crippen molar-refractivity contribution < 1.29 is 50.2 Å². The molecule has 0 radical (unpaired) electrons. The molecule has 12 heteroatoms. The summed E-state index contributed by atoms with van der Waals surface area (Å²) in [6.45, 7) is 11.8. The highest BCUT2D eigenvalue weighted by Gasteiger charge is 2.87. The van der Waals surface area contributed by atoms with Crippen molar-refractivity contribution in [3.8, 4) is 0 Å². The van der Waals surface area contributed by atoms with Crippen LogP contribution in [0.15, 0.2) is 34.9 Å². The van der Waals surface area contributed by atoms with Crippen LogP contribution in [0.3, 0.4) is 0 Å². The van der Waals surface area contributed by atoms with E-state index in [9.17, 15) is 9.90 Å². The van der Waals surface area contributed by atoms with Crippen molar-refractivity contribution in [1.82, 2.24) is 5.32 Å². The molecule has 8 aliphatic rings. The molecule has 12 N–H and O–H groups in total. The molecule has 12 nitrogen and oxygen atoms in total. The maximum Gasteiger partial charge on any atom is 0.350 e. The molecule has 14 atom stereocenters. The van der Waals surface area contributed by atoms with E-state index in [2.05, 4.69) is 79.6 Å². The van der Waals surface area contributed by atoms with E-state index in [1.165, 1.54) is 18.4 Å². The number of quaternary nitrogens is 4. The second-order valence-corrected chi connectivity index (χ2v) is 22.2. The molecule has 0 bridgehead atoms. The van der Waals surface area contributed by atoms with E-state index in [1.54, 1.807) is 0 Å². The van der Waals surface area contributed by atoms with E-state index >= 15 is 9.59 Å². The maximum atomic E-state index is 15.5. The van der Waals surface area contributed by atoms with Gasteiger partial charge in [0.15, 0.2) is 17.2 Å². The van der Waals surface area contributed by atoms with Crippen LogP contribution in [-0.4, -0.2) is 98.3 Å². The summed E-state index contributed by atoms with van der Waals surface area (Å²) in [5.74, 6) is 0.147. The third-order valence-corrected chi connectivity index (χ3v) is 17.6. The highest BCUT2D eigenvalue weighted by atomic mass is 16.7. The number of hydrogen-bond donors (Lipinski definition) is 7. The van der Waals surface area contributed by atoms with Crippen LogP contribution >= 0.6 is 0 Å². The Morgan fingerprint density at radius 2 is 1.89 bits per heavy atom. The van der Waals surface area contributed by atoms with Gasteiger partial charge in [0.2, 0.25) is 0 Å². The molecule has 346 valence electrons. The number of nitrogens with two attached hydrogens (primary N) is 5. The number of Topliss-reactive ketones (excluding diaryl/α,β-unsaturated/α-hetero) is 2. The van der Waals surface area contributed by atoms with E-state index in [4.69, 9.17) is 15.2 Å². The topological polar surface area (TPSA) is 198 Å². The van der Waals surface area contributed by atoms with Gasteiger partial charge in [-0.05, 0) is 131 Å². The highest BCUT2D eigenvalue weighted by Crippen LogP contribution is 2.64. The Hall–Kier alpha value is -2.29. The minimum Gasteiger partial charge on any atom is -0.463 e. The van der Waals surface area contributed by atoms with Gasteiger partial charge in [-0.2, -0.15) is 0 Å². The summed E-state index contributed by atoms with van der Waals surface area (Å²) >= 11 is 0. The number of hydrogen-bond acceptors (Lipinski definition) is 8. The lowest BCUT2D eigenvalue weighted by Crippen LogP contribution is -3.02. The predicted octanol–water partition coefficient (Wildman–Crippen LogP) is 1.06. The fraction of sp³-hybridized carbons (Fsp3) is 0.820. The van der Waals surface area contributed by atoms with Crippen LogP contribution in [-0.2, 0) is 23.9 Å². The lowest BCUT2D eigenvalue weighted by molar-refractivity contribution is -0.739. The first-order valence-electron chi connectivity index (χ1n) is 25.3. The van der Waals surface area contributed by atoms with Crippen molar-refractivity contribution >= 4 is 17.5 Å². The molecule has 62 heavy (non-hydrogen) atoms. The number of ether oxygens (including phenoxy) is 2. The van der Waals surface area contributed by atoms with Crippen LogP contribution in [0.25, 0.3) is 0 Å². The molecular weight excluding hydrogens is 781 g/mol. The zero-order valence-electron chi connectivity index (χ0n) is 38.9. The number of ketones is 2. The van der Waals surface area contributed by atoms with E-state index in [1.807, 2.05) is 0 Å². The lowest BCUT2D eigenvalue weighted by Gasteiger charge is -2.44. The number of fused-ring (bicyclic) bond motifs is 4. The van der Waals surface area contributed by atoms with Crippen LogP contribution in [0.1, 0.15) is 130 Å². The molecule has 0 aromatic rings. The van der Waals surface area contributed by atoms with Crippen LogP contribution in [0.4, 0.5) is 0 Å². The summed E-state index contributed by atoms with van der Waals surface area (Å²) in [5, 5.41) is 24.2. The number of rotatable bonds is 16. The van der Waals surface area contributed by atoms with Gasteiger partial charge < -0.3 is 35.8 Å². The summed E-state index contributed by atoms with van der Waals surface area (Å²) < 4.78 is 13.0. The first-order valence-corrected chi connectivity index (χ1v) is 25.3. The summed E-state index contributed by atoms with van der Waals surface area (Å²) in [7, 11) is 2.15. The Labute approximate surface area is 371 Å². The summed E-state index contributed by atoms with van der Waals surface area (Å²) in [4.78, 5) is 45.7. The SMILES string of the molecule is CC[NH2+][C@@H]1C=C2C=CCC[C@H]2C[C@@H]1COC(=O)[C@]12O[C@@]1(CC(CO)=C(C)CCC1CC[NH2+]C3N[C@H]([NH2+]C)CCC13)C(=O)C1CCCC(CC(C)(C)CC3CCC(N)[NH2+]C3)C1C2=O. The van der Waals surface area contributed by atoms with Crippen molar-refractivity contribution in [2.45, 2.75) is 166 Å². The van der Waals surface area contributed by atoms with Gasteiger partial charge in [-0.1, -0.05) is 38.0 Å². The number of carbonyl (C=O) groups is 3. The van der Waals surface area contributed by atoms with Crippen LogP contribution in [0.2, 0.25) is 0 Å². The number of allylic oxidation sites excluding steroid dienone is 4. The molecule has 2 saturated carbocycles. The average Bonchev–Trinajstić information content (AvgIpc) is 3.97. The van der Waals surface area contributed by atoms with E-state index in [0.29, 0.717) is 42.4 Å². The molecule has 4 aliphatic heterocycles. The number of epoxide rings is 1. The number of carbonyl (C=O) groups excluding carboxylic acids is 3. The van der Waals surface area contributed by atoms with Crippen LogP contribution in [0, 0.1) is 52.8 Å². The van der Waals surface area contributed by atoms with Gasteiger partial charge in [0.05, 0.1) is 33.3 Å². The Morgan fingerprint density at radius 1 is 1.05 bits per heavy atom. The van der Waals surface area contributed by atoms with Gasteiger partial charge in [-0.25, -0.2) is 10.1 Å². The molecule has 6 fully saturated rings. The van der Waals surface area contributed by atoms with Gasteiger partial charge >= 0.3 is 5.97 Å². The molecule has 4 aliphatic carbocycles. The first-order chi connectivity index (χ1) is 29.8. The number of piperidine rings is 3. The number of nitrogens with one attached hydrogen (secondary N) is 1. The summed E-state index contributed by atoms with van der Waals surface area (Å²) in [5.41, 5.74) is 5.72. The van der Waals surface area contributed by atoms with Crippen molar-refractivity contribution in [3.63, 3.8) is 0 Å². The minimum atomic E-state index is -1.97. The first kappa shape index (κ1) is 46.2. The van der Waals surface area contributed by atoms with Crippen molar-refractivity contribution in [2.75, 3.05) is 39.9 Å². The summed E-state index contributed by atoms with van der Waals surface area (Å²) in [6.07, 6.45) is 22.8. The minimum absolute atomic E-state index is 0.0161. The number of esters is 1. The number of aliphatic hydroxyl groups excluding tert-OH is 1. The number of aliphatic hydroxyl groups is 1. The van der Waals surface area contributed by atoms with Crippen LogP contribution < -0.4 is 32.3 Å². The zero-order chi connectivity index (χ0) is 43.8. The highest BCUT2D eigenvalue weighted by molar-refractivity contribution is 6.23. The molecule has 0 aromatic heterocycles. The second-order valence-electron chi connectivity index (χ2n) is 22.2. The zero-order valence-corrected chi connectivity index (χ0v) is 38.9. The second kappa shape index (κ2) is 19.3. The van der Waals surface area contributed by atoms with Crippen molar-refractivity contribution in [3.05, 3.63) is 34.9 Å². The predicted molar refractivity (Wildman–Crippen MR) is 236 cm³/mol. The average molecular weight is 865 g/mol. The Bertz CT molecular complexity index is 1740. The third-order valence-electron chi connectivity index (χ3n) is 17.6. The molecule has 8 unspecified atom stereocenters. The normalized spacial score (nSPS) is 40.9.